The summed E-state index contributed by atoms with van der Waals surface area (Å²) in [6, 6.07) is 0.458. The van der Waals surface area contributed by atoms with Gasteiger partial charge in [0.25, 0.3) is 0 Å². The summed E-state index contributed by atoms with van der Waals surface area (Å²) in [6.45, 7) is 0. The highest BCUT2D eigenvalue weighted by atomic mass is 15.2. The van der Waals surface area contributed by atoms with E-state index < -0.39 is 0 Å². The van der Waals surface area contributed by atoms with Gasteiger partial charge in [-0.1, -0.05) is 18.1 Å². The van der Waals surface area contributed by atoms with Gasteiger partial charge in [0, 0.05) is 6.04 Å². The van der Waals surface area contributed by atoms with E-state index in [2.05, 4.69) is 11.5 Å². The van der Waals surface area contributed by atoms with Crippen molar-refractivity contribution >= 4 is 0 Å². The van der Waals surface area contributed by atoms with Crippen molar-refractivity contribution in [3.63, 3.8) is 0 Å². The first-order valence-corrected chi connectivity index (χ1v) is 9.41. The fourth-order valence-corrected chi connectivity index (χ4v) is 6.63. The Hall–Kier alpha value is -0.340. The summed E-state index contributed by atoms with van der Waals surface area (Å²) in [4.78, 5) is 0. The van der Waals surface area contributed by atoms with Crippen LogP contribution in [0.1, 0.15) is 77.0 Å². The van der Waals surface area contributed by atoms with Crippen molar-refractivity contribution in [2.45, 2.75) is 83.1 Å². The lowest BCUT2D eigenvalue weighted by atomic mass is 9.48. The molecule has 21 heavy (non-hydrogen) atoms. The fourth-order valence-electron chi connectivity index (χ4n) is 6.63. The minimum absolute atomic E-state index is 0.458. The van der Waals surface area contributed by atoms with Crippen molar-refractivity contribution in [2.75, 3.05) is 0 Å². The molecule has 0 aromatic carbocycles. The quantitative estimate of drug-likeness (QED) is 0.459. The molecular formula is C19H32N2. The van der Waals surface area contributed by atoms with E-state index in [1.54, 1.807) is 24.8 Å². The topological polar surface area (TPSA) is 38.0 Å². The van der Waals surface area contributed by atoms with Gasteiger partial charge in [0.15, 0.2) is 0 Å². The van der Waals surface area contributed by atoms with E-state index >= 15 is 0 Å². The number of hydrogen-bond acceptors (Lipinski definition) is 2. The minimum atomic E-state index is 0.458. The normalized spacial score (nSPS) is 43.5. The Morgan fingerprint density at radius 3 is 2.33 bits per heavy atom. The van der Waals surface area contributed by atoms with Crippen molar-refractivity contribution in [1.82, 2.24) is 5.43 Å². The third-order valence-electron chi connectivity index (χ3n) is 7.03. The van der Waals surface area contributed by atoms with Gasteiger partial charge >= 0.3 is 0 Å². The summed E-state index contributed by atoms with van der Waals surface area (Å²) in [6.07, 6.45) is 19.7. The molecule has 5 rings (SSSR count). The number of hydrogen-bond donors (Lipinski definition) is 2. The third-order valence-corrected chi connectivity index (χ3v) is 7.03. The Bertz CT molecular complexity index is 377. The number of hydrazine groups is 1. The molecule has 118 valence electrons. The monoisotopic (exact) mass is 288 g/mol. The molecule has 0 heterocycles. The van der Waals surface area contributed by atoms with Crippen LogP contribution in [0.15, 0.2) is 11.6 Å². The molecule has 5 aliphatic carbocycles. The lowest BCUT2D eigenvalue weighted by molar-refractivity contribution is -0.0605. The molecule has 4 fully saturated rings. The number of rotatable bonds is 4. The molecule has 0 spiro atoms. The van der Waals surface area contributed by atoms with E-state index in [4.69, 9.17) is 5.84 Å². The van der Waals surface area contributed by atoms with Crippen molar-refractivity contribution in [2.24, 2.45) is 29.0 Å². The van der Waals surface area contributed by atoms with Crippen LogP contribution >= 0.6 is 0 Å². The number of allylic oxidation sites excluding steroid dienone is 1. The van der Waals surface area contributed by atoms with Crippen LogP contribution in [-0.4, -0.2) is 6.04 Å². The summed E-state index contributed by atoms with van der Waals surface area (Å²) >= 11 is 0. The van der Waals surface area contributed by atoms with Crippen LogP contribution in [0.3, 0.4) is 0 Å². The van der Waals surface area contributed by atoms with Gasteiger partial charge in [0.05, 0.1) is 0 Å². The Morgan fingerprint density at radius 1 is 1.05 bits per heavy atom. The smallest absolute Gasteiger partial charge is 0.0425 e. The second-order valence-electron chi connectivity index (χ2n) is 8.72. The molecule has 1 unspecified atom stereocenters. The van der Waals surface area contributed by atoms with E-state index in [0.717, 1.165) is 17.8 Å². The van der Waals surface area contributed by atoms with Crippen LogP contribution in [0, 0.1) is 23.2 Å². The maximum atomic E-state index is 5.99. The molecule has 0 amide bonds. The van der Waals surface area contributed by atoms with Crippen LogP contribution in [0.2, 0.25) is 0 Å². The summed E-state index contributed by atoms with van der Waals surface area (Å²) < 4.78 is 0. The molecule has 0 aromatic rings. The van der Waals surface area contributed by atoms with Gasteiger partial charge in [-0.05, 0) is 93.8 Å². The predicted octanol–water partition coefficient (Wildman–Crippen LogP) is 4.32. The van der Waals surface area contributed by atoms with Crippen LogP contribution in [-0.2, 0) is 0 Å². The van der Waals surface area contributed by atoms with Gasteiger partial charge in [0.1, 0.15) is 0 Å². The maximum absolute atomic E-state index is 5.99. The van der Waals surface area contributed by atoms with Gasteiger partial charge in [-0.15, -0.1) is 0 Å². The molecule has 1 atom stereocenters. The second kappa shape index (κ2) is 5.70. The Morgan fingerprint density at radius 2 is 1.71 bits per heavy atom. The molecule has 0 aromatic heterocycles. The number of nitrogens with one attached hydrogen (secondary N) is 1. The van der Waals surface area contributed by atoms with E-state index in [1.165, 1.54) is 57.8 Å². The summed E-state index contributed by atoms with van der Waals surface area (Å²) in [5.74, 6) is 9.15. The van der Waals surface area contributed by atoms with E-state index in [1.807, 2.05) is 0 Å². The Kier molecular flexibility index (Phi) is 3.87. The van der Waals surface area contributed by atoms with Gasteiger partial charge in [0.2, 0.25) is 0 Å². The molecule has 3 N–H and O–H groups in total. The van der Waals surface area contributed by atoms with Crippen LogP contribution in [0.25, 0.3) is 0 Å². The zero-order valence-corrected chi connectivity index (χ0v) is 13.4. The first-order chi connectivity index (χ1) is 10.3. The highest BCUT2D eigenvalue weighted by Crippen LogP contribution is 2.61. The molecule has 2 nitrogen and oxygen atoms in total. The molecule has 2 heteroatoms. The standard InChI is InChI=1S/C19H32N2/c20-21-18(17-5-3-1-2-4-6-17)13-19-10-14-7-15(11-19)9-16(8-14)12-19/h5,14-16,18,21H,1-4,6-13,20H2. The molecule has 0 aliphatic heterocycles. The lowest BCUT2D eigenvalue weighted by Gasteiger charge is -2.57. The van der Waals surface area contributed by atoms with Crippen molar-refractivity contribution in [3.8, 4) is 0 Å². The van der Waals surface area contributed by atoms with Crippen molar-refractivity contribution < 1.29 is 0 Å². The predicted molar refractivity (Wildman–Crippen MR) is 87.5 cm³/mol. The highest BCUT2D eigenvalue weighted by Gasteiger charge is 2.51. The molecular weight excluding hydrogens is 256 g/mol. The lowest BCUT2D eigenvalue weighted by Crippen LogP contribution is -2.50. The molecule has 4 bridgehead atoms. The first-order valence-electron chi connectivity index (χ1n) is 9.41. The zero-order chi connectivity index (χ0) is 14.3. The first kappa shape index (κ1) is 14.3. The summed E-state index contributed by atoms with van der Waals surface area (Å²) in [5.41, 5.74) is 5.47. The highest BCUT2D eigenvalue weighted by molar-refractivity contribution is 5.14. The van der Waals surface area contributed by atoms with Crippen molar-refractivity contribution in [1.29, 1.82) is 0 Å². The Labute approximate surface area is 129 Å². The van der Waals surface area contributed by atoms with E-state index in [9.17, 15) is 0 Å². The van der Waals surface area contributed by atoms with Crippen LogP contribution < -0.4 is 11.3 Å². The average molecular weight is 288 g/mol. The zero-order valence-electron chi connectivity index (χ0n) is 13.4. The van der Waals surface area contributed by atoms with Gasteiger partial charge < -0.3 is 0 Å². The average Bonchev–Trinajstić information content (AvgIpc) is 2.72. The Balaban J connectivity index is 1.49. The maximum Gasteiger partial charge on any atom is 0.0425 e. The van der Waals surface area contributed by atoms with Crippen LogP contribution in [0.4, 0.5) is 0 Å². The molecule has 4 saturated carbocycles. The summed E-state index contributed by atoms with van der Waals surface area (Å²) in [7, 11) is 0. The van der Waals surface area contributed by atoms with Gasteiger partial charge in [-0.25, -0.2) is 0 Å². The van der Waals surface area contributed by atoms with Gasteiger partial charge in [-0.2, -0.15) is 0 Å². The fraction of sp³-hybridized carbons (Fsp3) is 0.895. The summed E-state index contributed by atoms with van der Waals surface area (Å²) in [5, 5.41) is 0. The van der Waals surface area contributed by atoms with Crippen molar-refractivity contribution in [3.05, 3.63) is 11.6 Å². The third kappa shape index (κ3) is 2.82. The SMILES string of the molecule is NNC(CC12CC3CC(CC(C3)C1)C2)C1=CCCCCC1. The largest absolute Gasteiger partial charge is 0.271 e. The second-order valence-corrected chi connectivity index (χ2v) is 8.72. The molecule has 0 radical (unpaired) electrons. The number of nitrogens with two attached hydrogens (primary N) is 1. The van der Waals surface area contributed by atoms with Gasteiger partial charge in [-0.3, -0.25) is 11.3 Å². The van der Waals surface area contributed by atoms with Crippen LogP contribution in [0.5, 0.6) is 0 Å². The molecule has 0 saturated heterocycles. The minimum Gasteiger partial charge on any atom is -0.271 e. The van der Waals surface area contributed by atoms with E-state index in [0.29, 0.717) is 11.5 Å². The molecule has 5 aliphatic rings. The van der Waals surface area contributed by atoms with E-state index in [-0.39, 0.29) is 0 Å².